The van der Waals surface area contributed by atoms with Crippen molar-refractivity contribution in [1.29, 1.82) is 0 Å². The van der Waals surface area contributed by atoms with Crippen LogP contribution >= 0.6 is 23.4 Å². The van der Waals surface area contributed by atoms with Gasteiger partial charge in [0, 0.05) is 0 Å². The molecule has 0 saturated carbocycles. The van der Waals surface area contributed by atoms with Gasteiger partial charge in [0.05, 0.1) is 0 Å². The Morgan fingerprint density at radius 2 is 0.714 bits per heavy atom. The highest BCUT2D eigenvalue weighted by Gasteiger charge is 2.49. The Kier molecular flexibility index (Phi) is 10.7. The van der Waals surface area contributed by atoms with Crippen LogP contribution in [0.4, 0.5) is 0 Å². The van der Waals surface area contributed by atoms with Gasteiger partial charge >= 0.3 is 0 Å². The van der Waals surface area contributed by atoms with Crippen molar-refractivity contribution in [2.75, 3.05) is 0 Å². The highest BCUT2D eigenvalue weighted by Crippen LogP contribution is 2.82. The maximum atomic E-state index is 2.54. The predicted octanol–water partition coefficient (Wildman–Crippen LogP) is 8.73. The van der Waals surface area contributed by atoms with Gasteiger partial charge in [-0.1, -0.05) is 147 Å². The third-order valence-electron chi connectivity index (χ3n) is 6.07. The van der Waals surface area contributed by atoms with Crippen molar-refractivity contribution in [1.82, 2.24) is 0 Å². The van der Waals surface area contributed by atoms with E-state index in [1.54, 1.807) is 5.46 Å². The lowest BCUT2D eigenvalue weighted by molar-refractivity contribution is 1.01. The molecule has 0 N–H and O–H groups in total. The van der Waals surface area contributed by atoms with Crippen LogP contribution in [-0.4, -0.2) is 39.3 Å². The number of rotatable bonds is 10. The standard InChI is InChI=1S/C24H47BP3/c1-18(2)26(19(3)4)25(24-16-14-13-15-17-24,27(20(5)6)21(7)8)28(22(9)10)23(11)12/h13-23H,1-12H3/q-1. The molecular formula is C24H47BP3-. The third kappa shape index (κ3) is 5.43. The van der Waals surface area contributed by atoms with Crippen molar-refractivity contribution >= 4 is 34.2 Å². The number of hydrogen-bond donors (Lipinski definition) is 0. The zero-order chi connectivity index (χ0) is 21.8. The van der Waals surface area contributed by atoms with Crippen LogP contribution in [0.1, 0.15) is 83.1 Å². The Bertz CT molecular complexity index is 492. The van der Waals surface area contributed by atoms with Crippen molar-refractivity contribution in [3.05, 3.63) is 30.3 Å². The maximum Gasteiger partial charge on any atom is 0.104 e. The molecule has 4 heteroatoms. The first-order valence-electron chi connectivity index (χ1n) is 11.5. The topological polar surface area (TPSA) is 0 Å². The molecular weight excluding hydrogens is 392 g/mol. The van der Waals surface area contributed by atoms with Gasteiger partial charge in [-0.05, 0) is 0 Å². The molecule has 0 unspecified atom stereocenters. The molecule has 0 bridgehead atoms. The van der Waals surface area contributed by atoms with E-state index in [2.05, 4.69) is 113 Å². The Balaban J connectivity index is 4.12. The fourth-order valence-corrected chi connectivity index (χ4v) is 29.4. The molecule has 0 spiro atoms. The zero-order valence-electron chi connectivity index (χ0n) is 20.8. The van der Waals surface area contributed by atoms with E-state index in [0.717, 1.165) is 34.0 Å². The Morgan fingerprint density at radius 3 is 0.929 bits per heavy atom. The van der Waals surface area contributed by atoms with Crippen LogP contribution in [-0.2, 0) is 0 Å². The summed E-state index contributed by atoms with van der Waals surface area (Å²) in [6.07, 6.45) is 0. The SMILES string of the molecule is CC(C)P(C(C)C)[B-](c1ccccc1)(P(C(C)C)C(C)C)P(C(C)C)C(C)C. The van der Waals surface area contributed by atoms with E-state index in [9.17, 15) is 0 Å². The largest absolute Gasteiger partial charge is 0.255 e. The van der Waals surface area contributed by atoms with E-state index < -0.39 is 5.30 Å². The van der Waals surface area contributed by atoms with Gasteiger partial charge in [0.25, 0.3) is 0 Å². The van der Waals surface area contributed by atoms with Crippen molar-refractivity contribution in [2.45, 2.75) is 117 Å². The van der Waals surface area contributed by atoms with Gasteiger partial charge in [0.2, 0.25) is 0 Å². The van der Waals surface area contributed by atoms with Crippen molar-refractivity contribution < 1.29 is 0 Å². The van der Waals surface area contributed by atoms with Gasteiger partial charge in [0.15, 0.2) is 0 Å². The molecule has 1 rings (SSSR count). The van der Waals surface area contributed by atoms with Crippen LogP contribution in [0.2, 0.25) is 0 Å². The molecule has 1 aromatic carbocycles. The summed E-state index contributed by atoms with van der Waals surface area (Å²) < 4.78 is 0. The molecule has 28 heavy (non-hydrogen) atoms. The average molecular weight is 439 g/mol. The van der Waals surface area contributed by atoms with Gasteiger partial charge in [-0.15, -0.1) is 0 Å². The second-order valence-electron chi connectivity index (χ2n) is 10.0. The highest BCUT2D eigenvalue weighted by atomic mass is 31.2. The molecule has 0 aliphatic carbocycles. The average Bonchev–Trinajstić information content (AvgIpc) is 2.53. The van der Waals surface area contributed by atoms with Gasteiger partial charge in [-0.25, -0.2) is 0 Å². The molecule has 0 saturated heterocycles. The molecule has 0 radical (unpaired) electrons. The third-order valence-corrected chi connectivity index (χ3v) is 21.4. The summed E-state index contributed by atoms with van der Waals surface area (Å²) in [5, 5.41) is -0.582. The Hall–Kier alpha value is 0.575. The lowest BCUT2D eigenvalue weighted by Gasteiger charge is -2.67. The van der Waals surface area contributed by atoms with Gasteiger partial charge < -0.3 is 0 Å². The van der Waals surface area contributed by atoms with Crippen molar-refractivity contribution in [3.63, 3.8) is 0 Å². The summed E-state index contributed by atoms with van der Waals surface area (Å²) in [5.74, 6) is 0. The lowest BCUT2D eigenvalue weighted by Crippen LogP contribution is -2.52. The van der Waals surface area contributed by atoms with E-state index in [0.29, 0.717) is 0 Å². The molecule has 0 atom stereocenters. The van der Waals surface area contributed by atoms with Crippen LogP contribution in [0.25, 0.3) is 0 Å². The van der Waals surface area contributed by atoms with Crippen LogP contribution in [0.15, 0.2) is 30.3 Å². The number of benzene rings is 1. The normalized spacial score (nSPS) is 13.8. The quantitative estimate of drug-likeness (QED) is 0.253. The zero-order valence-corrected chi connectivity index (χ0v) is 23.5. The molecule has 0 fully saturated rings. The first kappa shape index (κ1) is 26.6. The molecule has 0 nitrogen and oxygen atoms in total. The lowest BCUT2D eigenvalue weighted by atomic mass is 9.90. The van der Waals surface area contributed by atoms with E-state index in [-0.39, 0.29) is 23.4 Å². The second-order valence-corrected chi connectivity index (χ2v) is 22.5. The first-order chi connectivity index (χ1) is 12.9. The summed E-state index contributed by atoms with van der Waals surface area (Å²) in [6.45, 7) is 30.4. The van der Waals surface area contributed by atoms with E-state index in [1.807, 2.05) is 0 Å². The van der Waals surface area contributed by atoms with Gasteiger partial charge in [0.1, 0.15) is 5.30 Å². The molecule has 0 heterocycles. The maximum absolute atomic E-state index is 2.54. The fraction of sp³-hybridized carbons (Fsp3) is 0.750. The van der Waals surface area contributed by atoms with E-state index in [4.69, 9.17) is 0 Å². The monoisotopic (exact) mass is 439 g/mol. The minimum absolute atomic E-state index is 0.0910. The van der Waals surface area contributed by atoms with Crippen molar-refractivity contribution in [2.24, 2.45) is 0 Å². The summed E-state index contributed by atoms with van der Waals surface area (Å²) in [7, 11) is -0.273. The fourth-order valence-electron chi connectivity index (χ4n) is 5.97. The molecule has 0 aromatic heterocycles. The van der Waals surface area contributed by atoms with Crippen LogP contribution in [0.3, 0.4) is 0 Å². The van der Waals surface area contributed by atoms with Crippen LogP contribution in [0, 0.1) is 0 Å². The Morgan fingerprint density at radius 1 is 0.464 bits per heavy atom. The summed E-state index contributed by atoms with van der Waals surface area (Å²) in [4.78, 5) is 0. The molecule has 1 aromatic rings. The smallest absolute Gasteiger partial charge is 0.104 e. The Labute approximate surface area is 181 Å². The van der Waals surface area contributed by atoms with Gasteiger partial charge in [-0.2, -0.15) is 5.46 Å². The molecule has 0 amide bonds. The summed E-state index contributed by atoms with van der Waals surface area (Å²) in [5.41, 5.74) is 6.40. The summed E-state index contributed by atoms with van der Waals surface area (Å²) >= 11 is 0. The van der Waals surface area contributed by atoms with Gasteiger partial charge in [-0.3, -0.25) is 23.4 Å². The molecule has 0 aliphatic rings. The minimum atomic E-state index is -0.582. The first-order valence-corrected chi connectivity index (χ1v) is 16.1. The summed E-state index contributed by atoms with van der Waals surface area (Å²) in [6, 6.07) is 11.9. The predicted molar refractivity (Wildman–Crippen MR) is 143 cm³/mol. The molecule has 162 valence electrons. The molecule has 0 aliphatic heterocycles. The van der Waals surface area contributed by atoms with Crippen molar-refractivity contribution in [3.8, 4) is 0 Å². The highest BCUT2D eigenvalue weighted by molar-refractivity contribution is 8.49. The van der Waals surface area contributed by atoms with E-state index in [1.165, 1.54) is 0 Å². The minimum Gasteiger partial charge on any atom is -0.255 e. The number of hydrogen-bond acceptors (Lipinski definition) is 0. The van der Waals surface area contributed by atoms with Crippen LogP contribution < -0.4 is 5.46 Å². The van der Waals surface area contributed by atoms with E-state index >= 15 is 0 Å². The second kappa shape index (κ2) is 11.3. The van der Waals surface area contributed by atoms with Crippen LogP contribution in [0.5, 0.6) is 0 Å².